The zero-order valence-electron chi connectivity index (χ0n) is 14.4. The van der Waals surface area contributed by atoms with Gasteiger partial charge in [-0.2, -0.15) is 0 Å². The predicted molar refractivity (Wildman–Crippen MR) is 97.5 cm³/mol. The molecule has 2 aliphatic rings. The van der Waals surface area contributed by atoms with E-state index in [4.69, 9.17) is 0 Å². The molecule has 4 rings (SSSR count). The summed E-state index contributed by atoms with van der Waals surface area (Å²) < 4.78 is 1.14. The number of aromatic nitrogens is 2. The number of rotatable bonds is 4. The molecule has 1 aliphatic carbocycles. The Bertz CT molecular complexity index is 753. The van der Waals surface area contributed by atoms with Crippen LogP contribution in [0.1, 0.15) is 37.9 Å². The summed E-state index contributed by atoms with van der Waals surface area (Å²) in [4.78, 5) is 25.9. The van der Waals surface area contributed by atoms with Gasteiger partial charge in [-0.25, -0.2) is 9.97 Å². The average molecular weight is 344 g/mol. The summed E-state index contributed by atoms with van der Waals surface area (Å²) >= 11 is 1.69. The highest BCUT2D eigenvalue weighted by Crippen LogP contribution is 2.32. The fraction of sp³-hybridized carbons (Fsp3) is 0.611. The monoisotopic (exact) mass is 344 g/mol. The Morgan fingerprint density at radius 2 is 2.12 bits per heavy atom. The minimum absolute atomic E-state index is 0.348. The van der Waals surface area contributed by atoms with Crippen molar-refractivity contribution in [2.45, 2.75) is 45.1 Å². The predicted octanol–water partition coefficient (Wildman–Crippen LogP) is 3.23. The Kier molecular flexibility index (Phi) is 4.16. The second-order valence-corrected chi connectivity index (χ2v) is 8.08. The standard InChI is InChI=1S/C18H24N4OS/c1-12-19-15-7-8-24-17(15)18(20-12)21(2)10-13-9-16(23)22(11-13)14-5-3-4-6-14/h7-8,13-14H,3-6,9-11H2,1-2H3/t13-/m0/s1. The number of hydrogen-bond donors (Lipinski definition) is 0. The van der Waals surface area contributed by atoms with Gasteiger partial charge in [0.25, 0.3) is 0 Å². The van der Waals surface area contributed by atoms with Crippen LogP contribution in [0.5, 0.6) is 0 Å². The molecule has 1 saturated carbocycles. The minimum Gasteiger partial charge on any atom is -0.358 e. The summed E-state index contributed by atoms with van der Waals surface area (Å²) in [5.74, 6) is 2.55. The third-order valence-electron chi connectivity index (χ3n) is 5.30. The van der Waals surface area contributed by atoms with Gasteiger partial charge < -0.3 is 9.80 Å². The van der Waals surface area contributed by atoms with E-state index in [0.717, 1.165) is 34.9 Å². The number of aryl methyl sites for hydroxylation is 1. The number of thiophene rings is 1. The van der Waals surface area contributed by atoms with Gasteiger partial charge >= 0.3 is 0 Å². The highest BCUT2D eigenvalue weighted by Gasteiger charge is 2.36. The summed E-state index contributed by atoms with van der Waals surface area (Å²) in [5, 5.41) is 2.07. The van der Waals surface area contributed by atoms with Gasteiger partial charge in [-0.1, -0.05) is 12.8 Å². The highest BCUT2D eigenvalue weighted by molar-refractivity contribution is 7.17. The molecule has 0 spiro atoms. The normalized spacial score (nSPS) is 22.0. The van der Waals surface area contributed by atoms with E-state index in [0.29, 0.717) is 24.3 Å². The van der Waals surface area contributed by atoms with Crippen molar-refractivity contribution in [1.82, 2.24) is 14.9 Å². The number of carbonyl (C=O) groups is 1. The molecule has 5 nitrogen and oxygen atoms in total. The first-order valence-electron chi connectivity index (χ1n) is 8.84. The maximum absolute atomic E-state index is 12.4. The Morgan fingerprint density at radius 1 is 1.33 bits per heavy atom. The van der Waals surface area contributed by atoms with Crippen LogP contribution in [0.4, 0.5) is 5.82 Å². The third kappa shape index (κ3) is 2.88. The lowest BCUT2D eigenvalue weighted by Gasteiger charge is -2.26. The number of anilines is 1. The van der Waals surface area contributed by atoms with Gasteiger partial charge in [0.15, 0.2) is 0 Å². The van der Waals surface area contributed by atoms with Gasteiger partial charge in [0, 0.05) is 38.5 Å². The second-order valence-electron chi connectivity index (χ2n) is 7.16. The van der Waals surface area contributed by atoms with E-state index >= 15 is 0 Å². The largest absolute Gasteiger partial charge is 0.358 e. The average Bonchev–Trinajstić information content (AvgIpc) is 3.26. The van der Waals surface area contributed by atoms with Crippen LogP contribution in [-0.4, -0.2) is 47.0 Å². The van der Waals surface area contributed by atoms with E-state index in [1.54, 1.807) is 11.3 Å². The Labute approximate surface area is 146 Å². The summed E-state index contributed by atoms with van der Waals surface area (Å²) in [6.07, 6.45) is 5.61. The molecule has 24 heavy (non-hydrogen) atoms. The highest BCUT2D eigenvalue weighted by atomic mass is 32.1. The number of amides is 1. The van der Waals surface area contributed by atoms with Crippen LogP contribution in [-0.2, 0) is 4.79 Å². The number of likely N-dealkylation sites (tertiary alicyclic amines) is 1. The zero-order chi connectivity index (χ0) is 16.7. The Morgan fingerprint density at radius 3 is 2.92 bits per heavy atom. The van der Waals surface area contributed by atoms with Crippen molar-refractivity contribution in [3.05, 3.63) is 17.3 Å². The van der Waals surface area contributed by atoms with E-state index in [1.165, 1.54) is 25.7 Å². The SMILES string of the molecule is Cc1nc(N(C)C[C@@H]2CC(=O)N(C3CCCC3)C2)c2sccc2n1. The number of fused-ring (bicyclic) bond motifs is 1. The van der Waals surface area contributed by atoms with Crippen LogP contribution in [0, 0.1) is 12.8 Å². The minimum atomic E-state index is 0.348. The lowest BCUT2D eigenvalue weighted by molar-refractivity contribution is -0.129. The van der Waals surface area contributed by atoms with Gasteiger partial charge in [0.1, 0.15) is 11.6 Å². The molecule has 0 N–H and O–H groups in total. The maximum atomic E-state index is 12.4. The first-order valence-corrected chi connectivity index (χ1v) is 9.72. The molecule has 1 aliphatic heterocycles. The van der Waals surface area contributed by atoms with Gasteiger partial charge in [0.2, 0.25) is 5.91 Å². The zero-order valence-corrected chi connectivity index (χ0v) is 15.2. The van der Waals surface area contributed by atoms with Crippen molar-refractivity contribution >= 4 is 33.3 Å². The van der Waals surface area contributed by atoms with Crippen LogP contribution >= 0.6 is 11.3 Å². The van der Waals surface area contributed by atoms with Gasteiger partial charge in [-0.3, -0.25) is 4.79 Å². The van der Waals surface area contributed by atoms with Crippen LogP contribution in [0.2, 0.25) is 0 Å². The van der Waals surface area contributed by atoms with Gasteiger partial charge in [0.05, 0.1) is 10.2 Å². The van der Waals surface area contributed by atoms with Crippen LogP contribution in [0.15, 0.2) is 11.4 Å². The summed E-state index contributed by atoms with van der Waals surface area (Å²) in [6.45, 7) is 3.72. The first kappa shape index (κ1) is 15.8. The first-order chi connectivity index (χ1) is 11.6. The smallest absolute Gasteiger partial charge is 0.223 e. The number of nitrogens with zero attached hydrogens (tertiary/aromatic N) is 4. The van der Waals surface area contributed by atoms with Crippen molar-refractivity contribution in [3.8, 4) is 0 Å². The third-order valence-corrected chi connectivity index (χ3v) is 6.19. The van der Waals surface area contributed by atoms with Crippen molar-refractivity contribution in [1.29, 1.82) is 0 Å². The number of carbonyl (C=O) groups excluding carboxylic acids is 1. The van der Waals surface area contributed by atoms with E-state index < -0.39 is 0 Å². The maximum Gasteiger partial charge on any atom is 0.223 e. The second kappa shape index (κ2) is 6.31. The molecule has 2 aromatic heterocycles. The molecule has 1 amide bonds. The van der Waals surface area contributed by atoms with Gasteiger partial charge in [-0.05, 0) is 31.2 Å². The molecule has 0 unspecified atom stereocenters. The molecule has 2 aromatic rings. The summed E-state index contributed by atoms with van der Waals surface area (Å²) in [6, 6.07) is 2.55. The number of hydrogen-bond acceptors (Lipinski definition) is 5. The molecule has 0 bridgehead atoms. The molecule has 2 fully saturated rings. The molecular weight excluding hydrogens is 320 g/mol. The van der Waals surface area contributed by atoms with Gasteiger partial charge in [-0.15, -0.1) is 11.3 Å². The lowest BCUT2D eigenvalue weighted by Crippen LogP contribution is -2.35. The van der Waals surface area contributed by atoms with Crippen LogP contribution < -0.4 is 4.90 Å². The fourth-order valence-electron chi connectivity index (χ4n) is 4.19. The molecule has 3 heterocycles. The van der Waals surface area contributed by atoms with Crippen LogP contribution in [0.25, 0.3) is 10.2 Å². The topological polar surface area (TPSA) is 49.3 Å². The van der Waals surface area contributed by atoms with Crippen molar-refractivity contribution in [2.75, 3.05) is 25.0 Å². The van der Waals surface area contributed by atoms with E-state index in [1.807, 2.05) is 13.0 Å². The Hall–Kier alpha value is -1.69. The molecule has 6 heteroatoms. The van der Waals surface area contributed by atoms with Crippen LogP contribution in [0.3, 0.4) is 0 Å². The molecule has 0 aromatic carbocycles. The van der Waals surface area contributed by atoms with Crippen molar-refractivity contribution < 1.29 is 4.79 Å². The molecular formula is C18H24N4OS. The molecule has 1 saturated heterocycles. The summed E-state index contributed by atoms with van der Waals surface area (Å²) in [5.41, 5.74) is 1.02. The van der Waals surface area contributed by atoms with Crippen molar-refractivity contribution in [3.63, 3.8) is 0 Å². The summed E-state index contributed by atoms with van der Waals surface area (Å²) in [7, 11) is 2.09. The van der Waals surface area contributed by atoms with E-state index in [-0.39, 0.29) is 0 Å². The van der Waals surface area contributed by atoms with Crippen molar-refractivity contribution in [2.24, 2.45) is 5.92 Å². The fourth-order valence-corrected chi connectivity index (χ4v) is 5.07. The van der Waals surface area contributed by atoms with E-state index in [9.17, 15) is 4.79 Å². The van der Waals surface area contributed by atoms with E-state index in [2.05, 4.69) is 32.2 Å². The Balaban J connectivity index is 1.48. The molecule has 128 valence electrons. The molecule has 1 atom stereocenters. The quantitative estimate of drug-likeness (QED) is 0.854. The molecule has 0 radical (unpaired) electrons. The lowest BCUT2D eigenvalue weighted by atomic mass is 10.1.